The molecule has 1 aliphatic rings. The number of nitrogens with one attached hydrogen (secondary N) is 1. The summed E-state index contributed by atoms with van der Waals surface area (Å²) in [6.45, 7) is 0.739. The van der Waals surface area contributed by atoms with Crippen LogP contribution in [0, 0.1) is 0 Å². The minimum absolute atomic E-state index is 0.0103. The van der Waals surface area contributed by atoms with Crippen molar-refractivity contribution in [3.63, 3.8) is 0 Å². The third-order valence-corrected chi connectivity index (χ3v) is 6.11. The number of nitrogens with zero attached hydrogens (tertiary/aromatic N) is 2. The third-order valence-electron chi connectivity index (χ3n) is 4.12. The minimum Gasteiger partial charge on any atom is -0.383 e. The second-order valence-corrected chi connectivity index (χ2v) is 8.13. The van der Waals surface area contributed by atoms with Crippen LogP contribution in [0.3, 0.4) is 0 Å². The molecule has 6 nitrogen and oxygen atoms in total. The number of anilines is 1. The molecule has 3 rings (SSSR count). The average molecular weight is 452 g/mol. The summed E-state index contributed by atoms with van der Waals surface area (Å²) in [7, 11) is 1.57. The Morgan fingerprint density at radius 3 is 2.69 bits per heavy atom. The molecule has 0 radical (unpaired) electrons. The van der Waals surface area contributed by atoms with Gasteiger partial charge in [0.2, 0.25) is 11.8 Å². The summed E-state index contributed by atoms with van der Waals surface area (Å²) in [4.78, 5) is 31.5. The molecule has 152 valence electrons. The van der Waals surface area contributed by atoms with Gasteiger partial charge in [-0.05, 0) is 24.3 Å². The fourth-order valence-corrected chi connectivity index (χ4v) is 4.23. The van der Waals surface area contributed by atoms with Gasteiger partial charge in [0.15, 0.2) is 5.17 Å². The van der Waals surface area contributed by atoms with Crippen molar-refractivity contribution in [2.45, 2.75) is 11.7 Å². The quantitative estimate of drug-likeness (QED) is 0.667. The maximum absolute atomic E-state index is 12.9. The van der Waals surface area contributed by atoms with Gasteiger partial charge in [-0.25, -0.2) is 4.99 Å². The van der Waals surface area contributed by atoms with Crippen molar-refractivity contribution >= 4 is 63.3 Å². The van der Waals surface area contributed by atoms with E-state index in [0.29, 0.717) is 29.0 Å². The molecule has 0 unspecified atom stereocenters. The Kier molecular flexibility index (Phi) is 7.55. The van der Waals surface area contributed by atoms with E-state index in [9.17, 15) is 9.59 Å². The highest BCUT2D eigenvalue weighted by Crippen LogP contribution is 2.33. The number of carbonyl (C=O) groups excluding carboxylic acids is 2. The van der Waals surface area contributed by atoms with Gasteiger partial charge in [-0.2, -0.15) is 0 Å². The highest BCUT2D eigenvalue weighted by Gasteiger charge is 2.39. The van der Waals surface area contributed by atoms with Gasteiger partial charge in [0.25, 0.3) is 0 Å². The normalized spacial score (nSPS) is 17.8. The third kappa shape index (κ3) is 5.51. The molecule has 1 saturated heterocycles. The molecular formula is C20H19Cl2N3O3S. The number of ether oxygens (including phenoxy) is 1. The number of carbonyl (C=O) groups is 2. The first-order valence-electron chi connectivity index (χ1n) is 8.84. The van der Waals surface area contributed by atoms with Gasteiger partial charge in [-0.15, -0.1) is 0 Å². The van der Waals surface area contributed by atoms with Crippen molar-refractivity contribution in [3.05, 3.63) is 58.6 Å². The van der Waals surface area contributed by atoms with Gasteiger partial charge in [0, 0.05) is 13.5 Å². The lowest BCUT2D eigenvalue weighted by atomic mass is 10.2. The van der Waals surface area contributed by atoms with Crippen LogP contribution in [-0.2, 0) is 14.3 Å². The Balaban J connectivity index is 1.73. The fourth-order valence-electron chi connectivity index (χ4n) is 2.70. The number of halogens is 2. The second kappa shape index (κ2) is 10.1. The van der Waals surface area contributed by atoms with E-state index >= 15 is 0 Å². The summed E-state index contributed by atoms with van der Waals surface area (Å²) in [5.74, 6) is -0.498. The molecule has 1 heterocycles. The van der Waals surface area contributed by atoms with Gasteiger partial charge < -0.3 is 10.1 Å². The van der Waals surface area contributed by atoms with Crippen LogP contribution in [0.4, 0.5) is 11.4 Å². The van der Waals surface area contributed by atoms with Crippen molar-refractivity contribution in [1.82, 2.24) is 4.90 Å². The van der Waals surface area contributed by atoms with Crippen molar-refractivity contribution in [3.8, 4) is 0 Å². The summed E-state index contributed by atoms with van der Waals surface area (Å²) in [6.07, 6.45) is -0.0103. The number of rotatable bonds is 7. The highest BCUT2D eigenvalue weighted by molar-refractivity contribution is 8.15. The van der Waals surface area contributed by atoms with E-state index in [4.69, 9.17) is 27.9 Å². The SMILES string of the molecule is COCCN1C(=O)[C@H](CC(=O)Nc2cccc(Cl)c2Cl)SC1=Nc1ccccc1. The van der Waals surface area contributed by atoms with E-state index in [-0.39, 0.29) is 23.3 Å². The van der Waals surface area contributed by atoms with Crippen LogP contribution in [-0.4, -0.2) is 47.4 Å². The van der Waals surface area contributed by atoms with Crippen molar-refractivity contribution in [1.29, 1.82) is 0 Å². The molecule has 1 atom stereocenters. The first-order valence-corrected chi connectivity index (χ1v) is 10.5. The molecule has 0 saturated carbocycles. The van der Waals surface area contributed by atoms with Gasteiger partial charge in [-0.1, -0.05) is 59.2 Å². The Hall–Kier alpha value is -2.06. The van der Waals surface area contributed by atoms with E-state index in [1.165, 1.54) is 11.8 Å². The van der Waals surface area contributed by atoms with Crippen LogP contribution >= 0.6 is 35.0 Å². The predicted molar refractivity (Wildman–Crippen MR) is 118 cm³/mol. The summed E-state index contributed by atoms with van der Waals surface area (Å²) < 4.78 is 5.11. The van der Waals surface area contributed by atoms with Crippen molar-refractivity contribution in [2.24, 2.45) is 4.99 Å². The van der Waals surface area contributed by atoms with Crippen LogP contribution in [0.5, 0.6) is 0 Å². The van der Waals surface area contributed by atoms with Crippen molar-refractivity contribution in [2.75, 3.05) is 25.6 Å². The van der Waals surface area contributed by atoms with Crippen LogP contribution in [0.2, 0.25) is 10.0 Å². The molecule has 1 fully saturated rings. The largest absolute Gasteiger partial charge is 0.383 e. The number of benzene rings is 2. The molecule has 0 aliphatic carbocycles. The predicted octanol–water partition coefficient (Wildman–Crippen LogP) is 4.60. The molecule has 2 aromatic carbocycles. The van der Waals surface area contributed by atoms with Crippen LogP contribution in [0.25, 0.3) is 0 Å². The summed E-state index contributed by atoms with van der Waals surface area (Å²) in [6, 6.07) is 14.3. The Bertz CT molecular complexity index is 924. The monoisotopic (exact) mass is 451 g/mol. The van der Waals surface area contributed by atoms with E-state index in [1.807, 2.05) is 30.3 Å². The smallest absolute Gasteiger partial charge is 0.242 e. The van der Waals surface area contributed by atoms with Gasteiger partial charge in [-0.3, -0.25) is 14.5 Å². The Morgan fingerprint density at radius 1 is 1.21 bits per heavy atom. The molecule has 1 N–H and O–H groups in total. The number of methoxy groups -OCH3 is 1. The first kappa shape index (κ1) is 21.6. The molecule has 2 aromatic rings. The lowest BCUT2D eigenvalue weighted by Gasteiger charge is -2.15. The lowest BCUT2D eigenvalue weighted by molar-refractivity contribution is -0.128. The van der Waals surface area contributed by atoms with Gasteiger partial charge in [0.05, 0.1) is 34.6 Å². The summed E-state index contributed by atoms with van der Waals surface area (Å²) in [5.41, 5.74) is 1.15. The molecule has 9 heteroatoms. The molecule has 0 aromatic heterocycles. The zero-order valence-electron chi connectivity index (χ0n) is 15.6. The molecule has 0 bridgehead atoms. The van der Waals surface area contributed by atoms with E-state index < -0.39 is 5.25 Å². The lowest BCUT2D eigenvalue weighted by Crippen LogP contribution is -2.35. The first-order chi connectivity index (χ1) is 14.0. The molecule has 2 amide bonds. The molecular weight excluding hydrogens is 433 g/mol. The Morgan fingerprint density at radius 2 is 1.97 bits per heavy atom. The summed E-state index contributed by atoms with van der Waals surface area (Å²) >= 11 is 13.4. The topological polar surface area (TPSA) is 71.0 Å². The summed E-state index contributed by atoms with van der Waals surface area (Å²) in [5, 5.41) is 3.30. The number of hydrogen-bond acceptors (Lipinski definition) is 5. The zero-order valence-corrected chi connectivity index (χ0v) is 17.9. The number of aliphatic imine (C=N–C) groups is 1. The standard InChI is InChI=1S/C20H19Cl2N3O3S/c1-28-11-10-25-19(27)16(29-20(25)23-13-6-3-2-4-7-13)12-17(26)24-15-9-5-8-14(21)18(15)22/h2-9,16H,10-12H2,1H3,(H,24,26)/t16-/m0/s1. The number of thioether (sulfide) groups is 1. The highest BCUT2D eigenvalue weighted by atomic mass is 35.5. The molecule has 0 spiro atoms. The maximum atomic E-state index is 12.9. The van der Waals surface area contributed by atoms with Crippen molar-refractivity contribution < 1.29 is 14.3 Å². The van der Waals surface area contributed by atoms with E-state index in [1.54, 1.807) is 30.2 Å². The zero-order chi connectivity index (χ0) is 20.8. The van der Waals surface area contributed by atoms with Crippen LogP contribution in [0.1, 0.15) is 6.42 Å². The van der Waals surface area contributed by atoms with Gasteiger partial charge >= 0.3 is 0 Å². The fraction of sp³-hybridized carbons (Fsp3) is 0.250. The minimum atomic E-state index is -0.577. The van der Waals surface area contributed by atoms with E-state index in [2.05, 4.69) is 10.3 Å². The Labute approximate surface area is 183 Å². The molecule has 1 aliphatic heterocycles. The van der Waals surface area contributed by atoms with Crippen LogP contribution in [0.15, 0.2) is 53.5 Å². The number of amides is 2. The maximum Gasteiger partial charge on any atom is 0.242 e. The molecule has 29 heavy (non-hydrogen) atoms. The van der Waals surface area contributed by atoms with E-state index in [0.717, 1.165) is 5.69 Å². The number of para-hydroxylation sites is 1. The van der Waals surface area contributed by atoms with Crippen LogP contribution < -0.4 is 5.32 Å². The number of hydrogen-bond donors (Lipinski definition) is 1. The average Bonchev–Trinajstić information content (AvgIpc) is 2.99. The second-order valence-electron chi connectivity index (χ2n) is 6.17. The van der Waals surface area contributed by atoms with Gasteiger partial charge in [0.1, 0.15) is 5.25 Å². The number of amidine groups is 1.